The number of rotatable bonds is 4. The third-order valence-electron chi connectivity index (χ3n) is 4.64. The molecule has 0 radical (unpaired) electrons. The number of thiazole rings is 1. The zero-order valence-electron chi connectivity index (χ0n) is 12.8. The molecule has 2 aliphatic rings. The highest BCUT2D eigenvalue weighted by molar-refractivity contribution is 7.11. The lowest BCUT2D eigenvalue weighted by Crippen LogP contribution is -2.45. The fourth-order valence-corrected chi connectivity index (χ4v) is 4.88. The topological polar surface area (TPSA) is 28.2 Å². The van der Waals surface area contributed by atoms with Crippen molar-refractivity contribution < 1.29 is 0 Å². The van der Waals surface area contributed by atoms with E-state index in [9.17, 15) is 0 Å². The zero-order chi connectivity index (χ0) is 13.9. The summed E-state index contributed by atoms with van der Waals surface area (Å²) in [6, 6.07) is 0.563. The smallest absolute Gasteiger partial charge is 0.110 e. The van der Waals surface area contributed by atoms with Gasteiger partial charge in [0.1, 0.15) is 5.01 Å². The van der Waals surface area contributed by atoms with Gasteiger partial charge in [0.2, 0.25) is 0 Å². The Morgan fingerprint density at radius 3 is 2.95 bits per heavy atom. The summed E-state index contributed by atoms with van der Waals surface area (Å²) in [5.41, 5.74) is 1.42. The molecule has 1 aliphatic heterocycles. The van der Waals surface area contributed by atoms with E-state index in [1.807, 2.05) is 11.3 Å². The molecule has 1 aromatic heterocycles. The van der Waals surface area contributed by atoms with Crippen molar-refractivity contribution in [1.29, 1.82) is 0 Å². The minimum atomic E-state index is 0.563. The van der Waals surface area contributed by atoms with Crippen LogP contribution in [0, 0.1) is 5.92 Å². The van der Waals surface area contributed by atoms with Gasteiger partial charge in [-0.2, -0.15) is 0 Å². The van der Waals surface area contributed by atoms with E-state index >= 15 is 0 Å². The second-order valence-electron chi connectivity index (χ2n) is 6.36. The summed E-state index contributed by atoms with van der Waals surface area (Å²) in [7, 11) is 0. The van der Waals surface area contributed by atoms with Crippen LogP contribution < -0.4 is 5.32 Å². The predicted molar refractivity (Wildman–Crippen MR) is 85.4 cm³/mol. The molecule has 112 valence electrons. The third-order valence-corrected chi connectivity index (χ3v) is 5.86. The van der Waals surface area contributed by atoms with Crippen LogP contribution in [-0.4, -0.2) is 36.1 Å². The molecule has 1 N–H and O–H groups in total. The standard InChI is InChI=1S/C16H27N3S/c1-3-4-14(19-9-7-17-8-10-19)16-18-13-6-5-12(2)11-15(13)20-16/h12,14,17H,3-11H2,1-2H3. The van der Waals surface area contributed by atoms with E-state index in [-0.39, 0.29) is 0 Å². The first-order valence-corrected chi connectivity index (χ1v) is 9.02. The van der Waals surface area contributed by atoms with E-state index in [2.05, 4.69) is 24.1 Å². The summed E-state index contributed by atoms with van der Waals surface area (Å²) >= 11 is 2.01. The molecule has 2 heterocycles. The molecule has 0 amide bonds. The lowest BCUT2D eigenvalue weighted by molar-refractivity contribution is 0.164. The van der Waals surface area contributed by atoms with Crippen LogP contribution in [0.2, 0.25) is 0 Å². The average Bonchev–Trinajstić information content (AvgIpc) is 2.88. The van der Waals surface area contributed by atoms with E-state index in [1.54, 1.807) is 4.88 Å². The van der Waals surface area contributed by atoms with Gasteiger partial charge in [0.05, 0.1) is 11.7 Å². The molecule has 2 atom stereocenters. The average molecular weight is 293 g/mol. The van der Waals surface area contributed by atoms with Crippen molar-refractivity contribution in [3.8, 4) is 0 Å². The number of aryl methyl sites for hydroxylation is 1. The first-order chi connectivity index (χ1) is 9.78. The van der Waals surface area contributed by atoms with Gasteiger partial charge in [-0.1, -0.05) is 20.3 Å². The van der Waals surface area contributed by atoms with E-state index in [0.717, 1.165) is 19.0 Å². The van der Waals surface area contributed by atoms with Crippen molar-refractivity contribution in [3.05, 3.63) is 15.6 Å². The number of hydrogen-bond donors (Lipinski definition) is 1. The van der Waals surface area contributed by atoms with Crippen LogP contribution in [0.15, 0.2) is 0 Å². The summed E-state index contributed by atoms with van der Waals surface area (Å²) in [4.78, 5) is 9.26. The van der Waals surface area contributed by atoms with E-state index in [4.69, 9.17) is 4.98 Å². The Labute approximate surface area is 126 Å². The van der Waals surface area contributed by atoms with Crippen molar-refractivity contribution in [2.24, 2.45) is 5.92 Å². The van der Waals surface area contributed by atoms with Crippen molar-refractivity contribution in [2.75, 3.05) is 26.2 Å². The molecule has 1 aromatic rings. The van der Waals surface area contributed by atoms with Crippen LogP contribution in [0.4, 0.5) is 0 Å². The van der Waals surface area contributed by atoms with E-state index < -0.39 is 0 Å². The summed E-state index contributed by atoms with van der Waals surface area (Å²) in [6.07, 6.45) is 6.28. The van der Waals surface area contributed by atoms with Gasteiger partial charge < -0.3 is 5.32 Å². The number of fused-ring (bicyclic) bond motifs is 1. The monoisotopic (exact) mass is 293 g/mol. The zero-order valence-corrected chi connectivity index (χ0v) is 13.6. The largest absolute Gasteiger partial charge is 0.314 e. The van der Waals surface area contributed by atoms with Gasteiger partial charge in [-0.05, 0) is 31.6 Å². The number of aromatic nitrogens is 1. The first kappa shape index (κ1) is 14.5. The summed E-state index contributed by atoms with van der Waals surface area (Å²) < 4.78 is 0. The van der Waals surface area contributed by atoms with Crippen LogP contribution in [-0.2, 0) is 12.8 Å². The SMILES string of the molecule is CCCC(c1nc2c(s1)CC(C)CC2)N1CCNCC1. The predicted octanol–water partition coefficient (Wildman–Crippen LogP) is 3.01. The highest BCUT2D eigenvalue weighted by Crippen LogP contribution is 2.35. The van der Waals surface area contributed by atoms with Crippen LogP contribution in [0.1, 0.15) is 54.7 Å². The maximum atomic E-state index is 5.04. The van der Waals surface area contributed by atoms with E-state index in [0.29, 0.717) is 6.04 Å². The molecule has 0 aromatic carbocycles. The molecule has 1 fully saturated rings. The Balaban J connectivity index is 1.80. The molecular formula is C16H27N3S. The summed E-state index contributed by atoms with van der Waals surface area (Å²) in [5.74, 6) is 0.847. The molecule has 0 bridgehead atoms. The quantitative estimate of drug-likeness (QED) is 0.925. The highest BCUT2D eigenvalue weighted by atomic mass is 32.1. The Hall–Kier alpha value is -0.450. The van der Waals surface area contributed by atoms with Gasteiger partial charge in [-0.3, -0.25) is 4.90 Å². The normalized spacial score (nSPS) is 25.4. The summed E-state index contributed by atoms with van der Waals surface area (Å²) in [5, 5.41) is 4.86. The van der Waals surface area contributed by atoms with Crippen molar-refractivity contribution in [3.63, 3.8) is 0 Å². The fourth-order valence-electron chi connectivity index (χ4n) is 3.43. The molecule has 0 saturated carbocycles. The molecule has 3 rings (SSSR count). The van der Waals surface area contributed by atoms with Gasteiger partial charge in [-0.15, -0.1) is 11.3 Å². The van der Waals surface area contributed by atoms with Crippen molar-refractivity contribution in [1.82, 2.24) is 15.2 Å². The van der Waals surface area contributed by atoms with Crippen LogP contribution >= 0.6 is 11.3 Å². The Morgan fingerprint density at radius 1 is 1.40 bits per heavy atom. The number of hydrogen-bond acceptors (Lipinski definition) is 4. The third kappa shape index (κ3) is 3.07. The lowest BCUT2D eigenvalue weighted by atomic mass is 9.93. The van der Waals surface area contributed by atoms with Crippen LogP contribution in [0.5, 0.6) is 0 Å². The molecule has 1 saturated heterocycles. The maximum Gasteiger partial charge on any atom is 0.110 e. The van der Waals surface area contributed by atoms with Crippen LogP contribution in [0.25, 0.3) is 0 Å². The molecular weight excluding hydrogens is 266 g/mol. The van der Waals surface area contributed by atoms with Crippen molar-refractivity contribution in [2.45, 2.75) is 52.0 Å². The second-order valence-corrected chi connectivity index (χ2v) is 7.48. The molecule has 0 spiro atoms. The van der Waals surface area contributed by atoms with Gasteiger partial charge in [0.15, 0.2) is 0 Å². The first-order valence-electron chi connectivity index (χ1n) is 8.21. The fraction of sp³-hybridized carbons (Fsp3) is 0.812. The van der Waals surface area contributed by atoms with E-state index in [1.165, 1.54) is 55.9 Å². The minimum absolute atomic E-state index is 0.563. The minimum Gasteiger partial charge on any atom is -0.314 e. The number of nitrogens with one attached hydrogen (secondary N) is 1. The molecule has 4 heteroatoms. The number of nitrogens with zero attached hydrogens (tertiary/aromatic N) is 2. The Kier molecular flexibility index (Phi) is 4.74. The van der Waals surface area contributed by atoms with Gasteiger partial charge >= 0.3 is 0 Å². The van der Waals surface area contributed by atoms with Crippen LogP contribution in [0.3, 0.4) is 0 Å². The number of piperazine rings is 1. The van der Waals surface area contributed by atoms with Crippen molar-refractivity contribution >= 4 is 11.3 Å². The Bertz CT molecular complexity index is 437. The second kappa shape index (κ2) is 6.54. The lowest BCUT2D eigenvalue weighted by Gasteiger charge is -2.33. The molecule has 20 heavy (non-hydrogen) atoms. The molecule has 1 aliphatic carbocycles. The molecule has 3 nitrogen and oxygen atoms in total. The maximum absolute atomic E-state index is 5.04. The van der Waals surface area contributed by atoms with Gasteiger partial charge in [0, 0.05) is 31.1 Å². The van der Waals surface area contributed by atoms with Gasteiger partial charge in [-0.25, -0.2) is 4.98 Å². The summed E-state index contributed by atoms with van der Waals surface area (Å²) in [6.45, 7) is 9.27. The highest BCUT2D eigenvalue weighted by Gasteiger charge is 2.27. The molecule has 2 unspecified atom stereocenters. The Morgan fingerprint density at radius 2 is 2.20 bits per heavy atom. The van der Waals surface area contributed by atoms with Gasteiger partial charge in [0.25, 0.3) is 0 Å².